The van der Waals surface area contributed by atoms with Crippen LogP contribution in [0.25, 0.3) is 11.5 Å². The molecule has 0 amide bonds. The maximum Gasteiger partial charge on any atom is 0.261 e. The molecule has 22 heavy (non-hydrogen) atoms. The third kappa shape index (κ3) is 2.87. The standard InChI is InChI=1S/C16H14N2O3S/c1-12-6-8-13(9-7-12)22(19,20)18-15-5-3-2-4-14(15)16-17-10-11-21-16/h2-11,18H,1H3. The lowest BCUT2D eigenvalue weighted by atomic mass is 10.2. The molecule has 1 heterocycles. The van der Waals surface area contributed by atoms with Crippen LogP contribution < -0.4 is 4.72 Å². The van der Waals surface area contributed by atoms with Crippen molar-refractivity contribution < 1.29 is 12.8 Å². The van der Waals surface area contributed by atoms with Crippen molar-refractivity contribution in [1.82, 2.24) is 4.98 Å². The SMILES string of the molecule is Cc1ccc(S(=O)(=O)Nc2ccccc2-c2ncco2)cc1. The maximum absolute atomic E-state index is 12.5. The molecule has 3 aromatic rings. The summed E-state index contributed by atoms with van der Waals surface area (Å²) in [5.74, 6) is 0.363. The number of rotatable bonds is 4. The Bertz CT molecular complexity index is 870. The molecular formula is C16H14N2O3S. The summed E-state index contributed by atoms with van der Waals surface area (Å²) in [4.78, 5) is 4.27. The lowest BCUT2D eigenvalue weighted by Crippen LogP contribution is -2.13. The molecule has 6 heteroatoms. The lowest BCUT2D eigenvalue weighted by molar-refractivity contribution is 0.575. The fraction of sp³-hybridized carbons (Fsp3) is 0.0625. The Balaban J connectivity index is 1.98. The van der Waals surface area contributed by atoms with Crippen molar-refractivity contribution in [2.24, 2.45) is 0 Å². The predicted octanol–water partition coefficient (Wildman–Crippen LogP) is 3.45. The summed E-state index contributed by atoms with van der Waals surface area (Å²) < 4.78 is 32.8. The second kappa shape index (κ2) is 5.65. The molecule has 0 spiro atoms. The Morgan fingerprint density at radius 3 is 2.45 bits per heavy atom. The number of aromatic nitrogens is 1. The van der Waals surface area contributed by atoms with Gasteiger partial charge in [0.25, 0.3) is 10.0 Å². The van der Waals surface area contributed by atoms with Crippen molar-refractivity contribution >= 4 is 15.7 Å². The molecule has 0 bridgehead atoms. The van der Waals surface area contributed by atoms with Crippen LogP contribution in [0.15, 0.2) is 70.3 Å². The van der Waals surface area contributed by atoms with E-state index in [1.807, 2.05) is 6.92 Å². The largest absolute Gasteiger partial charge is 0.444 e. The summed E-state index contributed by atoms with van der Waals surface area (Å²) in [6.07, 6.45) is 2.96. The van der Waals surface area contributed by atoms with Crippen molar-refractivity contribution in [2.45, 2.75) is 11.8 Å². The molecule has 0 saturated heterocycles. The molecule has 0 saturated carbocycles. The highest BCUT2D eigenvalue weighted by Crippen LogP contribution is 2.28. The minimum atomic E-state index is -3.66. The van der Waals surface area contributed by atoms with Crippen molar-refractivity contribution in [3.63, 3.8) is 0 Å². The van der Waals surface area contributed by atoms with Gasteiger partial charge in [-0.05, 0) is 31.2 Å². The number of para-hydroxylation sites is 1. The van der Waals surface area contributed by atoms with Gasteiger partial charge in [0.05, 0.1) is 22.3 Å². The van der Waals surface area contributed by atoms with E-state index < -0.39 is 10.0 Å². The van der Waals surface area contributed by atoms with Gasteiger partial charge in [-0.2, -0.15) is 0 Å². The molecule has 0 atom stereocenters. The highest BCUT2D eigenvalue weighted by molar-refractivity contribution is 7.92. The van der Waals surface area contributed by atoms with Crippen LogP contribution in [0.3, 0.4) is 0 Å². The average molecular weight is 314 g/mol. The first-order valence-electron chi connectivity index (χ1n) is 6.65. The fourth-order valence-electron chi connectivity index (χ4n) is 2.04. The molecule has 0 fully saturated rings. The lowest BCUT2D eigenvalue weighted by Gasteiger charge is -2.11. The summed E-state index contributed by atoms with van der Waals surface area (Å²) in [5.41, 5.74) is 2.01. The van der Waals surface area contributed by atoms with Crippen molar-refractivity contribution in [3.8, 4) is 11.5 Å². The molecule has 0 aliphatic rings. The van der Waals surface area contributed by atoms with Gasteiger partial charge in [0.2, 0.25) is 5.89 Å². The van der Waals surface area contributed by atoms with Crippen LogP contribution in [0.5, 0.6) is 0 Å². The van der Waals surface area contributed by atoms with Crippen LogP contribution >= 0.6 is 0 Å². The Kier molecular flexibility index (Phi) is 3.68. The zero-order valence-corrected chi connectivity index (χ0v) is 12.7. The number of oxazole rings is 1. The van der Waals surface area contributed by atoms with Crippen LogP contribution in [0.2, 0.25) is 0 Å². The van der Waals surface area contributed by atoms with Gasteiger partial charge in [-0.3, -0.25) is 4.72 Å². The van der Waals surface area contributed by atoms with Crippen LogP contribution in [-0.4, -0.2) is 13.4 Å². The molecule has 0 aliphatic heterocycles. The zero-order valence-electron chi connectivity index (χ0n) is 11.9. The number of hydrogen-bond acceptors (Lipinski definition) is 4. The monoisotopic (exact) mass is 314 g/mol. The topological polar surface area (TPSA) is 72.2 Å². The molecule has 1 N–H and O–H groups in total. The van der Waals surface area contributed by atoms with Gasteiger partial charge in [0.15, 0.2) is 0 Å². The number of nitrogens with zero attached hydrogens (tertiary/aromatic N) is 1. The second-order valence-electron chi connectivity index (χ2n) is 4.80. The first kappa shape index (κ1) is 14.3. The van der Waals surface area contributed by atoms with E-state index in [1.165, 1.54) is 12.5 Å². The van der Waals surface area contributed by atoms with E-state index in [0.717, 1.165) is 5.56 Å². The second-order valence-corrected chi connectivity index (χ2v) is 6.48. The number of benzene rings is 2. The maximum atomic E-state index is 12.5. The third-order valence-corrected chi connectivity index (χ3v) is 4.55. The minimum Gasteiger partial charge on any atom is -0.444 e. The van der Waals surface area contributed by atoms with E-state index in [-0.39, 0.29) is 4.90 Å². The molecule has 3 rings (SSSR count). The number of hydrogen-bond donors (Lipinski definition) is 1. The zero-order chi connectivity index (χ0) is 15.6. The van der Waals surface area contributed by atoms with E-state index in [2.05, 4.69) is 9.71 Å². The normalized spacial score (nSPS) is 11.3. The van der Waals surface area contributed by atoms with E-state index in [4.69, 9.17) is 4.42 Å². The summed E-state index contributed by atoms with van der Waals surface area (Å²) >= 11 is 0. The molecule has 0 radical (unpaired) electrons. The third-order valence-electron chi connectivity index (χ3n) is 3.17. The van der Waals surface area contributed by atoms with Gasteiger partial charge in [0.1, 0.15) is 6.26 Å². The summed E-state index contributed by atoms with van der Waals surface area (Å²) in [7, 11) is -3.66. The van der Waals surface area contributed by atoms with Gasteiger partial charge in [-0.15, -0.1) is 0 Å². The van der Waals surface area contributed by atoms with E-state index in [9.17, 15) is 8.42 Å². The predicted molar refractivity (Wildman–Crippen MR) is 83.9 cm³/mol. The minimum absolute atomic E-state index is 0.209. The van der Waals surface area contributed by atoms with Crippen LogP contribution in [-0.2, 0) is 10.0 Å². The molecule has 1 aromatic heterocycles. The Morgan fingerprint density at radius 1 is 1.05 bits per heavy atom. The smallest absolute Gasteiger partial charge is 0.261 e. The Hall–Kier alpha value is -2.60. The van der Waals surface area contributed by atoms with E-state index in [0.29, 0.717) is 17.1 Å². The van der Waals surface area contributed by atoms with Gasteiger partial charge in [-0.25, -0.2) is 13.4 Å². The number of aryl methyl sites for hydroxylation is 1. The first-order chi connectivity index (χ1) is 10.6. The summed E-state index contributed by atoms with van der Waals surface area (Å²) in [6, 6.07) is 13.6. The van der Waals surface area contributed by atoms with Gasteiger partial charge in [-0.1, -0.05) is 29.8 Å². The number of nitrogens with one attached hydrogen (secondary N) is 1. The molecular weight excluding hydrogens is 300 g/mol. The first-order valence-corrected chi connectivity index (χ1v) is 8.13. The Labute approximate surface area is 128 Å². The highest BCUT2D eigenvalue weighted by Gasteiger charge is 2.17. The van der Waals surface area contributed by atoms with E-state index >= 15 is 0 Å². The van der Waals surface area contributed by atoms with Crippen LogP contribution in [0, 0.1) is 6.92 Å². The van der Waals surface area contributed by atoms with Gasteiger partial charge < -0.3 is 4.42 Å². The molecule has 2 aromatic carbocycles. The molecule has 5 nitrogen and oxygen atoms in total. The average Bonchev–Trinajstić information content (AvgIpc) is 3.02. The fourth-order valence-corrected chi connectivity index (χ4v) is 3.12. The number of anilines is 1. The van der Waals surface area contributed by atoms with Crippen molar-refractivity contribution in [1.29, 1.82) is 0 Å². The quantitative estimate of drug-likeness (QED) is 0.800. The van der Waals surface area contributed by atoms with Crippen molar-refractivity contribution in [2.75, 3.05) is 4.72 Å². The summed E-state index contributed by atoms with van der Waals surface area (Å²) in [6.45, 7) is 1.90. The van der Waals surface area contributed by atoms with Crippen molar-refractivity contribution in [3.05, 3.63) is 66.6 Å². The Morgan fingerprint density at radius 2 is 1.77 bits per heavy atom. The van der Waals surface area contributed by atoms with Gasteiger partial charge in [0, 0.05) is 0 Å². The van der Waals surface area contributed by atoms with Crippen LogP contribution in [0.1, 0.15) is 5.56 Å². The summed E-state index contributed by atoms with van der Waals surface area (Å²) in [5, 5.41) is 0. The molecule has 0 aliphatic carbocycles. The van der Waals surface area contributed by atoms with E-state index in [1.54, 1.807) is 48.5 Å². The highest BCUT2D eigenvalue weighted by atomic mass is 32.2. The molecule has 112 valence electrons. The van der Waals surface area contributed by atoms with Gasteiger partial charge >= 0.3 is 0 Å². The number of sulfonamides is 1. The van der Waals surface area contributed by atoms with Crippen LogP contribution in [0.4, 0.5) is 5.69 Å². The molecule has 0 unspecified atom stereocenters.